The van der Waals surface area contributed by atoms with Crippen molar-refractivity contribution in [1.82, 2.24) is 10.4 Å². The molecule has 2 heterocycles. The Morgan fingerprint density at radius 3 is 2.64 bits per heavy atom. The van der Waals surface area contributed by atoms with Gasteiger partial charge in [0.05, 0.1) is 19.8 Å². The largest absolute Gasteiger partial charge is 0.377 e. The third-order valence-electron chi connectivity index (χ3n) is 6.38. The molecule has 7 nitrogen and oxygen atoms in total. The van der Waals surface area contributed by atoms with Gasteiger partial charge in [0.2, 0.25) is 0 Å². The molecule has 7 heteroatoms. The van der Waals surface area contributed by atoms with Crippen molar-refractivity contribution in [1.29, 1.82) is 0 Å². The molecule has 0 spiro atoms. The van der Waals surface area contributed by atoms with E-state index < -0.39 is 5.91 Å². The molecule has 2 aromatic rings. The summed E-state index contributed by atoms with van der Waals surface area (Å²) in [7, 11) is 0. The normalized spacial score (nSPS) is 16.2. The molecule has 2 aromatic carbocycles. The Kier molecular flexibility index (Phi) is 7.42. The fourth-order valence-corrected chi connectivity index (χ4v) is 4.44. The first-order valence-corrected chi connectivity index (χ1v) is 11.5. The third kappa shape index (κ3) is 5.43. The number of amides is 3. The number of piperidine rings is 1. The molecule has 4 rings (SSSR count). The number of benzene rings is 2. The van der Waals surface area contributed by atoms with Crippen LogP contribution in [0.2, 0.25) is 0 Å². The zero-order valence-electron chi connectivity index (χ0n) is 19.0. The molecule has 33 heavy (non-hydrogen) atoms. The Morgan fingerprint density at radius 2 is 1.94 bits per heavy atom. The minimum absolute atomic E-state index is 0.00406. The predicted octanol–water partition coefficient (Wildman–Crippen LogP) is 4.53. The molecule has 1 saturated heterocycles. The summed E-state index contributed by atoms with van der Waals surface area (Å²) in [6.45, 7) is 5.17. The molecule has 1 fully saturated rings. The van der Waals surface area contributed by atoms with E-state index in [0.29, 0.717) is 25.3 Å². The molecule has 0 atom stereocenters. The number of nitrogens with one attached hydrogen (secondary N) is 1. The van der Waals surface area contributed by atoms with Crippen LogP contribution in [0.25, 0.3) is 5.57 Å². The predicted molar refractivity (Wildman–Crippen MR) is 127 cm³/mol. The Bertz CT molecular complexity index is 1040. The van der Waals surface area contributed by atoms with Gasteiger partial charge in [-0.3, -0.25) is 14.9 Å². The van der Waals surface area contributed by atoms with E-state index in [9.17, 15) is 9.59 Å². The molecule has 2 aliphatic rings. The lowest BCUT2D eigenvalue weighted by Crippen LogP contribution is -2.45. The van der Waals surface area contributed by atoms with Crippen LogP contribution in [0.1, 0.15) is 52.7 Å². The first kappa shape index (κ1) is 23.0. The van der Waals surface area contributed by atoms with Gasteiger partial charge in [0.1, 0.15) is 0 Å². The van der Waals surface area contributed by atoms with E-state index in [1.54, 1.807) is 17.6 Å². The first-order valence-electron chi connectivity index (χ1n) is 11.5. The zero-order valence-corrected chi connectivity index (χ0v) is 19.0. The van der Waals surface area contributed by atoms with Gasteiger partial charge >= 0.3 is 6.03 Å². The van der Waals surface area contributed by atoms with Crippen LogP contribution in [-0.2, 0) is 11.3 Å². The van der Waals surface area contributed by atoms with Crippen molar-refractivity contribution in [3.05, 3.63) is 70.8 Å². The maximum Gasteiger partial charge on any atom is 0.324 e. The number of urea groups is 1. The number of anilines is 1. The van der Waals surface area contributed by atoms with E-state index in [-0.39, 0.29) is 6.03 Å². The second kappa shape index (κ2) is 10.6. The third-order valence-corrected chi connectivity index (χ3v) is 6.38. The molecular formula is C26H31N3O4. The topological polar surface area (TPSA) is 82.1 Å². The molecule has 2 N–H and O–H groups in total. The van der Waals surface area contributed by atoms with Crippen molar-refractivity contribution < 1.29 is 19.5 Å². The average molecular weight is 450 g/mol. The minimum atomic E-state index is -0.552. The van der Waals surface area contributed by atoms with Crippen LogP contribution in [0, 0.1) is 6.92 Å². The highest BCUT2D eigenvalue weighted by molar-refractivity contribution is 5.94. The first-order chi connectivity index (χ1) is 16.1. The molecule has 0 aliphatic carbocycles. The van der Waals surface area contributed by atoms with Gasteiger partial charge in [-0.25, -0.2) is 10.3 Å². The highest BCUT2D eigenvalue weighted by atomic mass is 16.5. The number of ether oxygens (including phenoxy) is 1. The summed E-state index contributed by atoms with van der Waals surface area (Å²) in [5.74, 6) is -0.552. The van der Waals surface area contributed by atoms with Gasteiger partial charge in [-0.15, -0.1) is 0 Å². The average Bonchev–Trinajstić information content (AvgIpc) is 2.88. The lowest BCUT2D eigenvalue weighted by Gasteiger charge is -2.33. The van der Waals surface area contributed by atoms with Gasteiger partial charge in [-0.05, 0) is 79.1 Å². The second-order valence-corrected chi connectivity index (χ2v) is 8.60. The van der Waals surface area contributed by atoms with Crippen molar-refractivity contribution in [2.45, 2.75) is 39.2 Å². The summed E-state index contributed by atoms with van der Waals surface area (Å²) in [5, 5.41) is 8.92. The number of carbonyl (C=O) groups excluding carboxylic acids is 2. The van der Waals surface area contributed by atoms with Crippen molar-refractivity contribution in [2.75, 3.05) is 31.2 Å². The standard InChI is InChI=1S/C26H31N3O4/c1-19-16-22(25(30)27-32)8-9-23(19)18-29(26(31)28-12-3-2-4-13-28)24-7-5-6-21(17-24)20-10-14-33-15-11-20/h5-10,16-17,32H,2-4,11-15,18H2,1H3,(H,27,30). The smallest absolute Gasteiger partial charge is 0.324 e. The van der Waals surface area contributed by atoms with Crippen molar-refractivity contribution in [2.24, 2.45) is 0 Å². The summed E-state index contributed by atoms with van der Waals surface area (Å²) >= 11 is 0. The van der Waals surface area contributed by atoms with Crippen molar-refractivity contribution >= 4 is 23.2 Å². The van der Waals surface area contributed by atoms with Crippen LogP contribution in [0.4, 0.5) is 10.5 Å². The van der Waals surface area contributed by atoms with E-state index in [1.165, 1.54) is 5.57 Å². The molecule has 2 aliphatic heterocycles. The molecule has 3 amide bonds. The monoisotopic (exact) mass is 449 g/mol. The van der Waals surface area contributed by atoms with E-state index in [2.05, 4.69) is 18.2 Å². The van der Waals surface area contributed by atoms with Crippen LogP contribution in [0.15, 0.2) is 48.5 Å². The van der Waals surface area contributed by atoms with Crippen molar-refractivity contribution in [3.8, 4) is 0 Å². The van der Waals surface area contributed by atoms with Crippen LogP contribution in [0.3, 0.4) is 0 Å². The Morgan fingerprint density at radius 1 is 1.12 bits per heavy atom. The number of likely N-dealkylation sites (tertiary alicyclic amines) is 1. The molecule has 0 radical (unpaired) electrons. The molecule has 0 bridgehead atoms. The summed E-state index contributed by atoms with van der Waals surface area (Å²) in [6.07, 6.45) is 6.17. The summed E-state index contributed by atoms with van der Waals surface area (Å²) in [4.78, 5) is 29.2. The second-order valence-electron chi connectivity index (χ2n) is 8.60. The summed E-state index contributed by atoms with van der Waals surface area (Å²) in [5.41, 5.74) is 7.08. The Balaban J connectivity index is 1.66. The maximum absolute atomic E-state index is 13.6. The molecule has 174 valence electrons. The summed E-state index contributed by atoms with van der Waals surface area (Å²) < 4.78 is 5.45. The molecular weight excluding hydrogens is 418 g/mol. The molecule has 0 unspecified atom stereocenters. The number of rotatable bonds is 5. The number of carbonyl (C=O) groups is 2. The lowest BCUT2D eigenvalue weighted by atomic mass is 10.00. The summed E-state index contributed by atoms with van der Waals surface area (Å²) in [6, 6.07) is 13.4. The Hall–Kier alpha value is -3.16. The van der Waals surface area contributed by atoms with Gasteiger partial charge in [0.15, 0.2) is 0 Å². The highest BCUT2D eigenvalue weighted by Gasteiger charge is 2.25. The number of hydroxylamine groups is 1. The van der Waals surface area contributed by atoms with E-state index in [4.69, 9.17) is 9.94 Å². The lowest BCUT2D eigenvalue weighted by molar-refractivity contribution is 0.0706. The SMILES string of the molecule is Cc1cc(C(=O)NO)ccc1CN(C(=O)N1CCCCC1)c1cccc(C2=CCOCC2)c1. The van der Waals surface area contributed by atoms with E-state index >= 15 is 0 Å². The molecule has 0 saturated carbocycles. The number of aryl methyl sites for hydroxylation is 1. The fraction of sp³-hybridized carbons (Fsp3) is 0.385. The van der Waals surface area contributed by atoms with Crippen molar-refractivity contribution in [3.63, 3.8) is 0 Å². The molecule has 0 aromatic heterocycles. The number of nitrogens with zero attached hydrogens (tertiary/aromatic N) is 2. The van der Waals surface area contributed by atoms with Gasteiger partial charge in [0, 0.05) is 24.3 Å². The zero-order chi connectivity index (χ0) is 23.2. The highest BCUT2D eigenvalue weighted by Crippen LogP contribution is 2.28. The van der Waals surface area contributed by atoms with Crippen LogP contribution in [0.5, 0.6) is 0 Å². The van der Waals surface area contributed by atoms with Gasteiger partial charge < -0.3 is 9.64 Å². The fourth-order valence-electron chi connectivity index (χ4n) is 4.44. The van der Waals surface area contributed by atoms with Gasteiger partial charge in [0.25, 0.3) is 5.91 Å². The van der Waals surface area contributed by atoms with Gasteiger partial charge in [-0.2, -0.15) is 0 Å². The minimum Gasteiger partial charge on any atom is -0.377 e. The number of hydrogen-bond donors (Lipinski definition) is 2. The van der Waals surface area contributed by atoms with Crippen LogP contribution in [-0.4, -0.2) is 48.3 Å². The van der Waals surface area contributed by atoms with E-state index in [0.717, 1.165) is 61.2 Å². The Labute approximate surface area is 194 Å². The van der Waals surface area contributed by atoms with Crippen LogP contribution >= 0.6 is 0 Å². The maximum atomic E-state index is 13.6. The van der Waals surface area contributed by atoms with Gasteiger partial charge in [-0.1, -0.05) is 24.3 Å². The van der Waals surface area contributed by atoms with E-state index in [1.807, 2.05) is 34.9 Å². The number of hydrogen-bond acceptors (Lipinski definition) is 4. The van der Waals surface area contributed by atoms with Crippen LogP contribution < -0.4 is 10.4 Å². The quantitative estimate of drug-likeness (QED) is 0.519.